The first-order valence-electron chi connectivity index (χ1n) is 9.90. The van der Waals surface area contributed by atoms with Crippen molar-refractivity contribution in [2.75, 3.05) is 0 Å². The van der Waals surface area contributed by atoms with Gasteiger partial charge in [0.05, 0.1) is 26.9 Å². The molecule has 4 aromatic rings. The van der Waals surface area contributed by atoms with Crippen molar-refractivity contribution in [3.63, 3.8) is 0 Å². The second-order valence-corrected chi connectivity index (χ2v) is 9.33. The number of rotatable bonds is 6. The highest BCUT2D eigenvalue weighted by Crippen LogP contribution is 2.32. The van der Waals surface area contributed by atoms with Gasteiger partial charge in [0.25, 0.3) is 5.91 Å². The Kier molecular flexibility index (Phi) is 6.40. The number of furan rings is 1. The summed E-state index contributed by atoms with van der Waals surface area (Å²) in [7, 11) is 0. The third-order valence-electron chi connectivity index (χ3n) is 4.57. The number of nitrogens with one attached hydrogen (secondary N) is 1. The Morgan fingerprint density at radius 1 is 1.20 bits per heavy atom. The van der Waals surface area contributed by atoms with Crippen LogP contribution in [0.3, 0.4) is 0 Å². The molecule has 0 atom stereocenters. The molecule has 1 saturated heterocycles. The van der Waals surface area contributed by atoms with Crippen LogP contribution >= 0.6 is 35.1 Å². The predicted molar refractivity (Wildman–Crippen MR) is 131 cm³/mol. The maximum absolute atomic E-state index is 12.4. The number of carboxylic acid groups (broad SMARTS) is 1. The van der Waals surface area contributed by atoms with Crippen molar-refractivity contribution in [3.8, 4) is 5.69 Å². The van der Waals surface area contributed by atoms with Crippen molar-refractivity contribution in [1.82, 2.24) is 25.5 Å². The summed E-state index contributed by atoms with van der Waals surface area (Å²) in [6, 6.07) is 17.3. The molecule has 2 aromatic heterocycles. The lowest BCUT2D eigenvalue weighted by molar-refractivity contribution is -0.115. The predicted octanol–water partition coefficient (Wildman–Crippen LogP) is 4.65. The number of carboxylic acids is 1. The number of thioether (sulfide) groups is 1. The van der Waals surface area contributed by atoms with Crippen molar-refractivity contribution in [3.05, 3.63) is 81.9 Å². The third kappa shape index (κ3) is 5.14. The number of nitrogens with zero attached hydrogens (tertiary/aromatic N) is 5. The molecule has 0 radical (unpaired) electrons. The van der Waals surface area contributed by atoms with Crippen LogP contribution in [0.15, 0.2) is 85.2 Å². The molecule has 0 bridgehead atoms. The molecule has 3 heterocycles. The number of para-hydroxylation sites is 1. The van der Waals surface area contributed by atoms with Crippen LogP contribution in [0.5, 0.6) is 0 Å². The van der Waals surface area contributed by atoms with Crippen LogP contribution in [0.4, 0.5) is 5.69 Å². The van der Waals surface area contributed by atoms with Crippen LogP contribution in [0, 0.1) is 0 Å². The second-order valence-electron chi connectivity index (χ2n) is 6.92. The molecule has 10 nitrogen and oxygen atoms in total. The molecule has 0 saturated carbocycles. The van der Waals surface area contributed by atoms with Gasteiger partial charge in [-0.25, -0.2) is 9.79 Å². The molecule has 1 amide bonds. The van der Waals surface area contributed by atoms with Crippen molar-refractivity contribution in [1.29, 1.82) is 0 Å². The molecule has 1 fully saturated rings. The van der Waals surface area contributed by atoms with Gasteiger partial charge in [0.15, 0.2) is 10.3 Å². The number of hydrogen-bond donors (Lipinski definition) is 2. The number of aliphatic imine (C=N–C) groups is 1. The Balaban J connectivity index is 1.31. The van der Waals surface area contributed by atoms with E-state index in [1.54, 1.807) is 29.0 Å². The number of benzene rings is 2. The number of halogens is 1. The lowest BCUT2D eigenvalue weighted by atomic mass is 10.2. The Morgan fingerprint density at radius 3 is 2.83 bits per heavy atom. The van der Waals surface area contributed by atoms with E-state index in [9.17, 15) is 14.7 Å². The van der Waals surface area contributed by atoms with Gasteiger partial charge < -0.3 is 14.8 Å². The molecule has 2 N–H and O–H groups in total. The summed E-state index contributed by atoms with van der Waals surface area (Å²) in [5.41, 5.74) is 1.09. The molecule has 1 aliphatic heterocycles. The SMILES string of the molecule is O=C1NC(=Nc2ccc(Cl)c(C(=O)O)c2)S/C1=C\c1ccc(Sc2nnnn2-c2ccccc2)o1. The van der Waals surface area contributed by atoms with Crippen molar-refractivity contribution in [2.45, 2.75) is 10.2 Å². The van der Waals surface area contributed by atoms with Gasteiger partial charge in [-0.15, -0.1) is 5.10 Å². The van der Waals surface area contributed by atoms with Gasteiger partial charge in [-0.05, 0) is 76.4 Å². The van der Waals surface area contributed by atoms with Gasteiger partial charge >= 0.3 is 5.97 Å². The van der Waals surface area contributed by atoms with Gasteiger partial charge in [-0.1, -0.05) is 29.8 Å². The quantitative estimate of drug-likeness (QED) is 0.345. The highest BCUT2D eigenvalue weighted by Gasteiger charge is 2.25. The van der Waals surface area contributed by atoms with E-state index in [0.29, 0.717) is 31.8 Å². The molecule has 35 heavy (non-hydrogen) atoms. The van der Waals surface area contributed by atoms with E-state index >= 15 is 0 Å². The number of aromatic nitrogens is 4. The zero-order valence-electron chi connectivity index (χ0n) is 17.5. The van der Waals surface area contributed by atoms with Gasteiger partial charge in [-0.2, -0.15) is 4.68 Å². The highest BCUT2D eigenvalue weighted by molar-refractivity contribution is 8.18. The van der Waals surface area contributed by atoms with Gasteiger partial charge in [-0.3, -0.25) is 4.79 Å². The molecule has 2 aromatic carbocycles. The molecule has 0 spiro atoms. The zero-order valence-corrected chi connectivity index (χ0v) is 19.8. The van der Waals surface area contributed by atoms with E-state index in [2.05, 4.69) is 25.8 Å². The Bertz CT molecular complexity index is 1500. The summed E-state index contributed by atoms with van der Waals surface area (Å²) in [4.78, 5) is 28.3. The zero-order chi connectivity index (χ0) is 24.4. The molecule has 0 aliphatic carbocycles. The molecule has 174 valence electrons. The van der Waals surface area contributed by atoms with E-state index in [1.807, 2.05) is 30.3 Å². The van der Waals surface area contributed by atoms with E-state index in [4.69, 9.17) is 16.0 Å². The van der Waals surface area contributed by atoms with Gasteiger partial charge in [0, 0.05) is 6.08 Å². The normalized spacial score (nSPS) is 15.6. The monoisotopic (exact) mass is 524 g/mol. The van der Waals surface area contributed by atoms with Gasteiger partial charge in [0.1, 0.15) is 5.76 Å². The van der Waals surface area contributed by atoms with Crippen LogP contribution in [-0.2, 0) is 4.79 Å². The number of carbonyl (C=O) groups excluding carboxylic acids is 1. The minimum absolute atomic E-state index is 0.0717. The summed E-state index contributed by atoms with van der Waals surface area (Å²) < 4.78 is 7.43. The molecule has 1 aliphatic rings. The van der Waals surface area contributed by atoms with Gasteiger partial charge in [0.2, 0.25) is 5.16 Å². The third-order valence-corrected chi connectivity index (χ3v) is 6.67. The van der Waals surface area contributed by atoms with Crippen LogP contribution in [0.2, 0.25) is 5.02 Å². The summed E-state index contributed by atoms with van der Waals surface area (Å²) in [5, 5.41) is 25.1. The molecular weight excluding hydrogens is 512 g/mol. The van der Waals surface area contributed by atoms with Crippen molar-refractivity contribution < 1.29 is 19.1 Å². The Hall–Kier alpha value is -3.87. The highest BCUT2D eigenvalue weighted by atomic mass is 35.5. The molecule has 13 heteroatoms. The van der Waals surface area contributed by atoms with E-state index in [1.165, 1.54) is 23.9 Å². The summed E-state index contributed by atoms with van der Waals surface area (Å²) in [6.45, 7) is 0. The fourth-order valence-corrected chi connectivity index (χ4v) is 4.78. The number of amides is 1. The van der Waals surface area contributed by atoms with E-state index in [0.717, 1.165) is 17.4 Å². The van der Waals surface area contributed by atoms with E-state index in [-0.39, 0.29) is 16.5 Å². The Labute approximate surface area is 211 Å². The van der Waals surface area contributed by atoms with E-state index < -0.39 is 5.97 Å². The summed E-state index contributed by atoms with van der Waals surface area (Å²) in [5.74, 6) is -1.05. The topological polar surface area (TPSA) is 136 Å². The first-order valence-corrected chi connectivity index (χ1v) is 11.9. The lowest BCUT2D eigenvalue weighted by Crippen LogP contribution is -2.19. The number of tetrazole rings is 1. The minimum atomic E-state index is -1.16. The second kappa shape index (κ2) is 9.78. The fraction of sp³-hybridized carbons (Fsp3) is 0. The number of hydrogen-bond acceptors (Lipinski definition) is 9. The molecule has 5 rings (SSSR count). The fourth-order valence-electron chi connectivity index (χ4n) is 3.00. The number of amidine groups is 1. The van der Waals surface area contributed by atoms with Crippen LogP contribution < -0.4 is 5.32 Å². The molecule has 0 unspecified atom stereocenters. The molecular formula is C22H13ClN6O4S2. The van der Waals surface area contributed by atoms with Crippen LogP contribution in [-0.4, -0.2) is 42.4 Å². The first-order chi connectivity index (χ1) is 17.0. The first kappa shape index (κ1) is 22.9. The number of aromatic carboxylic acids is 1. The summed E-state index contributed by atoms with van der Waals surface area (Å²) >= 11 is 8.24. The number of carbonyl (C=O) groups is 2. The summed E-state index contributed by atoms with van der Waals surface area (Å²) in [6.07, 6.45) is 1.59. The Morgan fingerprint density at radius 2 is 2.03 bits per heavy atom. The van der Waals surface area contributed by atoms with Crippen molar-refractivity contribution >= 4 is 63.9 Å². The average molecular weight is 525 g/mol. The minimum Gasteiger partial charge on any atom is -0.478 e. The lowest BCUT2D eigenvalue weighted by Gasteiger charge is -2.01. The average Bonchev–Trinajstić information content (AvgIpc) is 3.57. The van der Waals surface area contributed by atoms with Crippen LogP contribution in [0.1, 0.15) is 16.1 Å². The van der Waals surface area contributed by atoms with Crippen LogP contribution in [0.25, 0.3) is 11.8 Å². The smallest absolute Gasteiger partial charge is 0.337 e. The maximum Gasteiger partial charge on any atom is 0.337 e. The largest absolute Gasteiger partial charge is 0.478 e. The maximum atomic E-state index is 12.4. The van der Waals surface area contributed by atoms with Crippen molar-refractivity contribution in [2.24, 2.45) is 4.99 Å². The standard InChI is InChI=1S/C22H13ClN6O4S2/c23-16-8-6-12(10-15(16)20(31)32)24-21-25-19(30)17(34-21)11-14-7-9-18(33-14)35-22-26-27-28-29(22)13-4-2-1-3-5-13/h1-11H,(H,31,32)(H,24,25,30)/b17-11-.